The van der Waals surface area contributed by atoms with E-state index in [4.69, 9.17) is 4.98 Å². The van der Waals surface area contributed by atoms with Gasteiger partial charge in [-0.15, -0.1) is 23.6 Å². The second kappa shape index (κ2) is 10.3. The van der Waals surface area contributed by atoms with E-state index in [0.29, 0.717) is 0 Å². The first-order chi connectivity index (χ1) is 17.1. The molecule has 0 unspecified atom stereocenters. The average molecular weight is 659 g/mol. The van der Waals surface area contributed by atoms with E-state index in [1.54, 1.807) is 11.3 Å². The topological polar surface area (TPSA) is 12.9 Å². The number of fused-ring (bicyclic) bond motifs is 1. The number of thiophene rings is 1. The van der Waals surface area contributed by atoms with Crippen molar-refractivity contribution in [1.29, 1.82) is 0 Å². The van der Waals surface area contributed by atoms with E-state index in [1.165, 1.54) is 38.1 Å². The van der Waals surface area contributed by atoms with Crippen LogP contribution in [0.4, 0.5) is 0 Å². The fourth-order valence-electron chi connectivity index (χ4n) is 4.35. The summed E-state index contributed by atoms with van der Waals surface area (Å²) in [5.74, 6) is 0. The van der Waals surface area contributed by atoms with Crippen LogP contribution in [0.2, 0.25) is 0 Å². The van der Waals surface area contributed by atoms with Crippen LogP contribution in [-0.4, -0.2) is 4.98 Å². The van der Waals surface area contributed by atoms with E-state index >= 15 is 0 Å². The first kappa shape index (κ1) is 24.3. The van der Waals surface area contributed by atoms with Crippen LogP contribution in [0.1, 0.15) is 11.1 Å². The third-order valence-corrected chi connectivity index (χ3v) is 7.47. The van der Waals surface area contributed by atoms with Crippen molar-refractivity contribution in [2.45, 2.75) is 13.8 Å². The van der Waals surface area contributed by atoms with Crippen LogP contribution >= 0.6 is 11.3 Å². The molecule has 0 fully saturated rings. The number of rotatable bonds is 4. The molecular weight excluding hydrogens is 635 g/mol. The Hall–Kier alpha value is -3.36. The zero-order valence-corrected chi connectivity index (χ0v) is 23.3. The summed E-state index contributed by atoms with van der Waals surface area (Å²) in [6.07, 6.45) is 1.99. The standard InChI is InChI=1S/C33H24NS.Ir/c1-22-7-11-24(12-8-22)28-17-29(25-13-9-23(2)10-14-25)19-30(18-28)27-15-16-31(34-21-27)33-20-26-5-3-4-6-32(26)35-33;/h3-19,21H,1-2H3;/q-1;. The molecule has 0 aliphatic carbocycles. The summed E-state index contributed by atoms with van der Waals surface area (Å²) < 4.78 is 1.24. The largest absolute Gasteiger partial charge is 0.303 e. The molecule has 0 amide bonds. The van der Waals surface area contributed by atoms with Crippen LogP contribution in [-0.2, 0) is 20.1 Å². The van der Waals surface area contributed by atoms with Gasteiger partial charge in [-0.1, -0.05) is 83.9 Å². The summed E-state index contributed by atoms with van der Waals surface area (Å²) in [5.41, 5.74) is 10.6. The molecule has 36 heavy (non-hydrogen) atoms. The smallest absolute Gasteiger partial charge is 0.0240 e. The third kappa shape index (κ3) is 4.96. The van der Waals surface area contributed by atoms with E-state index in [-0.39, 0.29) is 20.1 Å². The Kier molecular flexibility index (Phi) is 6.98. The van der Waals surface area contributed by atoms with Gasteiger partial charge in [-0.25, -0.2) is 11.3 Å². The zero-order chi connectivity index (χ0) is 23.8. The van der Waals surface area contributed by atoms with E-state index in [1.807, 2.05) is 6.20 Å². The van der Waals surface area contributed by atoms with Gasteiger partial charge in [0.25, 0.3) is 0 Å². The Bertz CT molecular complexity index is 1530. The molecule has 0 atom stereocenters. The molecule has 0 saturated carbocycles. The molecule has 2 heterocycles. The molecule has 177 valence electrons. The van der Waals surface area contributed by atoms with Crippen molar-refractivity contribution in [3.63, 3.8) is 0 Å². The number of pyridine rings is 1. The molecule has 3 heteroatoms. The van der Waals surface area contributed by atoms with Gasteiger partial charge in [-0.05, 0) is 75.0 Å². The summed E-state index contributed by atoms with van der Waals surface area (Å²) in [6.45, 7) is 4.25. The molecular formula is C33H24IrNS-. The molecule has 0 saturated heterocycles. The average Bonchev–Trinajstić information content (AvgIpc) is 3.34. The van der Waals surface area contributed by atoms with Gasteiger partial charge in [0.2, 0.25) is 0 Å². The number of benzene rings is 4. The summed E-state index contributed by atoms with van der Waals surface area (Å²) >= 11 is 1.74. The zero-order valence-electron chi connectivity index (χ0n) is 20.1. The van der Waals surface area contributed by atoms with Gasteiger partial charge in [-0.3, -0.25) is 0 Å². The van der Waals surface area contributed by atoms with Crippen molar-refractivity contribution in [1.82, 2.24) is 4.98 Å². The number of aromatic nitrogens is 1. The molecule has 1 radical (unpaired) electrons. The fraction of sp³-hybridized carbons (Fsp3) is 0.0606. The van der Waals surface area contributed by atoms with Crippen LogP contribution in [0.3, 0.4) is 0 Å². The summed E-state index contributed by atoms with van der Waals surface area (Å²) in [6, 6.07) is 40.5. The molecule has 1 nitrogen and oxygen atoms in total. The van der Waals surface area contributed by atoms with Crippen LogP contribution in [0, 0.1) is 19.9 Å². The summed E-state index contributed by atoms with van der Waals surface area (Å²) in [4.78, 5) is 5.90. The van der Waals surface area contributed by atoms with Gasteiger partial charge in [0.1, 0.15) is 0 Å². The van der Waals surface area contributed by atoms with Crippen molar-refractivity contribution in [3.05, 3.63) is 127 Å². The Morgan fingerprint density at radius 2 is 1.11 bits per heavy atom. The predicted octanol–water partition coefficient (Wildman–Crippen LogP) is 9.38. The van der Waals surface area contributed by atoms with Crippen LogP contribution < -0.4 is 0 Å². The molecule has 0 aliphatic rings. The van der Waals surface area contributed by atoms with Crippen molar-refractivity contribution in [2.24, 2.45) is 0 Å². The van der Waals surface area contributed by atoms with Gasteiger partial charge in [0.05, 0.1) is 0 Å². The molecule has 0 spiro atoms. The monoisotopic (exact) mass is 659 g/mol. The maximum absolute atomic E-state index is 4.83. The van der Waals surface area contributed by atoms with Gasteiger partial charge in [0.15, 0.2) is 0 Å². The molecule has 6 aromatic rings. The Morgan fingerprint density at radius 1 is 0.583 bits per heavy atom. The van der Waals surface area contributed by atoms with Crippen molar-refractivity contribution in [3.8, 4) is 44.0 Å². The SMILES string of the molecule is Cc1ccc(-c2cc(-c3ccc(C)cc3)cc(-c3ccc(-c4[c-]c5ccccc5s4)nc3)c2)cc1.[Ir]. The first-order valence-corrected chi connectivity index (χ1v) is 12.6. The maximum Gasteiger partial charge on any atom is 0.0240 e. The van der Waals surface area contributed by atoms with Crippen molar-refractivity contribution in [2.75, 3.05) is 0 Å². The molecule has 0 aliphatic heterocycles. The van der Waals surface area contributed by atoms with Crippen LogP contribution in [0.15, 0.2) is 109 Å². The molecule has 0 N–H and O–H groups in total. The summed E-state index contributed by atoms with van der Waals surface area (Å²) in [7, 11) is 0. The Labute approximate surface area is 229 Å². The van der Waals surface area contributed by atoms with E-state index < -0.39 is 0 Å². The quantitative estimate of drug-likeness (QED) is 0.172. The molecule has 0 bridgehead atoms. The first-order valence-electron chi connectivity index (χ1n) is 11.8. The molecule has 2 aromatic heterocycles. The van der Waals surface area contributed by atoms with Crippen LogP contribution in [0.25, 0.3) is 54.0 Å². The third-order valence-electron chi connectivity index (χ3n) is 6.38. The maximum atomic E-state index is 4.83. The number of nitrogens with zero attached hydrogens (tertiary/aromatic N) is 1. The minimum Gasteiger partial charge on any atom is -0.303 e. The van der Waals surface area contributed by atoms with Crippen molar-refractivity contribution >= 4 is 21.4 Å². The second-order valence-electron chi connectivity index (χ2n) is 9.02. The van der Waals surface area contributed by atoms with Gasteiger partial charge in [-0.2, -0.15) is 0 Å². The number of hydrogen-bond donors (Lipinski definition) is 0. The molecule has 4 aromatic carbocycles. The van der Waals surface area contributed by atoms with E-state index in [2.05, 4.69) is 123 Å². The van der Waals surface area contributed by atoms with Gasteiger partial charge >= 0.3 is 0 Å². The Morgan fingerprint density at radius 3 is 1.64 bits per heavy atom. The summed E-state index contributed by atoms with van der Waals surface area (Å²) in [5, 5.41) is 1.15. The minimum absolute atomic E-state index is 0. The fourth-order valence-corrected chi connectivity index (χ4v) is 5.33. The number of aryl methyl sites for hydroxylation is 2. The van der Waals surface area contributed by atoms with E-state index in [9.17, 15) is 0 Å². The van der Waals surface area contributed by atoms with Gasteiger partial charge < -0.3 is 4.98 Å². The van der Waals surface area contributed by atoms with Gasteiger partial charge in [0, 0.05) is 32.0 Å². The number of hydrogen-bond acceptors (Lipinski definition) is 2. The Balaban J connectivity index is 0.00000267. The normalized spacial score (nSPS) is 10.8. The molecule has 6 rings (SSSR count). The predicted molar refractivity (Wildman–Crippen MR) is 150 cm³/mol. The minimum atomic E-state index is 0. The second-order valence-corrected chi connectivity index (χ2v) is 10.1. The van der Waals surface area contributed by atoms with E-state index in [0.717, 1.165) is 27.1 Å². The van der Waals surface area contributed by atoms with Crippen LogP contribution in [0.5, 0.6) is 0 Å². The van der Waals surface area contributed by atoms with Crippen molar-refractivity contribution < 1.29 is 20.1 Å².